The Hall–Kier alpha value is -4.37. The van der Waals surface area contributed by atoms with Crippen LogP contribution >= 0.6 is 11.3 Å². The molecule has 2 saturated heterocycles. The van der Waals surface area contributed by atoms with Gasteiger partial charge in [0.15, 0.2) is 0 Å². The molecule has 1 atom stereocenters. The summed E-state index contributed by atoms with van der Waals surface area (Å²) in [5.74, 6) is 0.500. The molecule has 0 spiro atoms. The Morgan fingerprint density at radius 2 is 1.98 bits per heavy atom. The summed E-state index contributed by atoms with van der Waals surface area (Å²) in [6.45, 7) is 3.55. The summed E-state index contributed by atoms with van der Waals surface area (Å²) in [6.07, 6.45) is 0.756. The van der Waals surface area contributed by atoms with Gasteiger partial charge in [-0.2, -0.15) is 5.26 Å². The molecule has 2 aromatic carbocycles. The molecular weight excluding hydrogens is 538 g/mol. The van der Waals surface area contributed by atoms with Crippen LogP contribution in [0.25, 0.3) is 21.5 Å². The molecule has 0 bridgehead atoms. The first-order valence-electron chi connectivity index (χ1n) is 12.7. The minimum atomic E-state index is -2.66. The average molecular weight is 565 g/mol. The minimum Gasteiger partial charge on any atom is -0.447 e. The third kappa shape index (κ3) is 5.51. The molecule has 2 aliphatic rings. The minimum absolute atomic E-state index is 0.107. The predicted octanol–water partition coefficient (Wildman–Crippen LogP) is 5.26. The van der Waals surface area contributed by atoms with E-state index in [2.05, 4.69) is 16.0 Å². The summed E-state index contributed by atoms with van der Waals surface area (Å²) in [7, 11) is 0. The number of nitriles is 1. The van der Waals surface area contributed by atoms with Crippen molar-refractivity contribution in [3.63, 3.8) is 0 Å². The molecule has 1 unspecified atom stereocenters. The van der Waals surface area contributed by atoms with E-state index in [9.17, 15) is 18.4 Å². The zero-order valence-electron chi connectivity index (χ0n) is 21.6. The van der Waals surface area contributed by atoms with Crippen molar-refractivity contribution in [3.05, 3.63) is 74.8 Å². The molecule has 206 valence electrons. The number of aromatic nitrogens is 3. The van der Waals surface area contributed by atoms with Crippen LogP contribution in [0.3, 0.4) is 0 Å². The largest absolute Gasteiger partial charge is 0.447 e. The number of amides is 1. The number of hydrogen-bond donors (Lipinski definition) is 1. The van der Waals surface area contributed by atoms with Crippen LogP contribution in [0.1, 0.15) is 48.3 Å². The number of nitrogen functional groups attached to an aromatic ring is 1. The van der Waals surface area contributed by atoms with E-state index in [4.69, 9.17) is 15.7 Å². The molecule has 2 N–H and O–H groups in total. The van der Waals surface area contributed by atoms with Gasteiger partial charge in [-0.25, -0.2) is 23.5 Å². The topological polar surface area (TPSA) is 127 Å². The number of nitrogens with zero attached hydrogens (tertiary/aromatic N) is 5. The summed E-state index contributed by atoms with van der Waals surface area (Å²) < 4.78 is 32.1. The monoisotopic (exact) mass is 564 g/mol. The lowest BCUT2D eigenvalue weighted by Crippen LogP contribution is -2.37. The molecule has 4 heterocycles. The van der Waals surface area contributed by atoms with Crippen LogP contribution in [0.5, 0.6) is 0 Å². The zero-order chi connectivity index (χ0) is 28.4. The third-order valence-corrected chi connectivity index (χ3v) is 7.87. The average Bonchev–Trinajstić information content (AvgIpc) is 3.60. The Kier molecular flexibility index (Phi) is 7.75. The molecule has 1 amide bonds. The van der Waals surface area contributed by atoms with Crippen LogP contribution < -0.4 is 11.3 Å². The molecule has 2 aliphatic heterocycles. The van der Waals surface area contributed by atoms with E-state index in [0.29, 0.717) is 52.1 Å². The van der Waals surface area contributed by atoms with Gasteiger partial charge in [0.05, 0.1) is 35.1 Å². The Morgan fingerprint density at radius 1 is 1.20 bits per heavy atom. The molecule has 12 heteroatoms. The molecule has 9 nitrogen and oxygen atoms in total. The van der Waals surface area contributed by atoms with Crippen molar-refractivity contribution in [2.75, 3.05) is 18.9 Å². The highest BCUT2D eigenvalue weighted by Gasteiger charge is 2.34. The number of rotatable bonds is 4. The zero-order valence-corrected chi connectivity index (χ0v) is 22.5. The number of benzene rings is 2. The number of piperidine rings is 1. The number of aryl methyl sites for hydroxylation is 1. The van der Waals surface area contributed by atoms with E-state index in [1.807, 2.05) is 4.90 Å². The molecule has 0 saturated carbocycles. The molecule has 4 aromatic rings. The number of hydrogen-bond acceptors (Lipinski definition) is 8. The van der Waals surface area contributed by atoms with E-state index in [-0.39, 0.29) is 23.0 Å². The van der Waals surface area contributed by atoms with Crippen molar-refractivity contribution in [2.45, 2.75) is 45.2 Å². The number of anilines is 1. The molecule has 0 aliphatic carbocycles. The normalized spacial score (nSPS) is 16.3. The second kappa shape index (κ2) is 11.4. The lowest BCUT2D eigenvalue weighted by molar-refractivity contribution is 0.147. The molecule has 40 heavy (non-hydrogen) atoms. The highest BCUT2D eigenvalue weighted by atomic mass is 32.1. The number of carbonyl (C=O) groups is 1. The van der Waals surface area contributed by atoms with Crippen molar-refractivity contribution in [2.24, 2.45) is 0 Å². The summed E-state index contributed by atoms with van der Waals surface area (Å²) in [4.78, 5) is 34.3. The van der Waals surface area contributed by atoms with Gasteiger partial charge in [0.25, 0.3) is 12.0 Å². The first-order valence-corrected chi connectivity index (χ1v) is 13.6. The SMILES string of the molecule is Cc1nc2cc(-c3nc(C(F)F)cs3)c(N)cc2c(=O)n1Cc1ccc(C#N)cc1.O=C1OCC2CCCCN12. The van der Waals surface area contributed by atoms with Crippen molar-refractivity contribution < 1.29 is 18.3 Å². The fourth-order valence-corrected chi connectivity index (χ4v) is 5.66. The van der Waals surface area contributed by atoms with E-state index >= 15 is 0 Å². The van der Waals surface area contributed by atoms with Crippen LogP contribution in [0, 0.1) is 18.3 Å². The number of thiazole rings is 1. The quantitative estimate of drug-likeness (QED) is 0.335. The van der Waals surface area contributed by atoms with Crippen LogP contribution in [0.4, 0.5) is 19.3 Å². The maximum absolute atomic E-state index is 13.1. The summed E-state index contributed by atoms with van der Waals surface area (Å²) in [5, 5.41) is 10.9. The van der Waals surface area contributed by atoms with E-state index in [0.717, 1.165) is 36.3 Å². The van der Waals surface area contributed by atoms with Gasteiger partial charge in [-0.15, -0.1) is 11.3 Å². The van der Waals surface area contributed by atoms with Gasteiger partial charge in [-0.05, 0) is 56.0 Å². The number of nitrogens with two attached hydrogens (primary N) is 1. The first kappa shape index (κ1) is 27.2. The smallest absolute Gasteiger partial charge is 0.410 e. The maximum atomic E-state index is 13.1. The Bertz CT molecular complexity index is 1660. The number of halogens is 2. The van der Waals surface area contributed by atoms with E-state index in [1.54, 1.807) is 37.3 Å². The highest BCUT2D eigenvalue weighted by molar-refractivity contribution is 7.13. The molecular formula is C28H26F2N6O3S. The highest BCUT2D eigenvalue weighted by Crippen LogP contribution is 2.33. The molecule has 6 rings (SSSR count). The second-order valence-corrected chi connectivity index (χ2v) is 10.5. The number of fused-ring (bicyclic) bond motifs is 2. The van der Waals surface area contributed by atoms with Crippen molar-refractivity contribution in [1.29, 1.82) is 5.26 Å². The van der Waals surface area contributed by atoms with Gasteiger partial charge in [-0.3, -0.25) is 9.36 Å². The summed E-state index contributed by atoms with van der Waals surface area (Å²) in [6, 6.07) is 12.5. The van der Waals surface area contributed by atoms with Crippen molar-refractivity contribution >= 4 is 34.0 Å². The van der Waals surface area contributed by atoms with Gasteiger partial charge in [0.2, 0.25) is 0 Å². The fraction of sp³-hybridized carbons (Fsp3) is 0.321. The van der Waals surface area contributed by atoms with Gasteiger partial charge >= 0.3 is 6.09 Å². The Balaban J connectivity index is 0.000000269. The van der Waals surface area contributed by atoms with Gasteiger partial charge in [0, 0.05) is 23.2 Å². The van der Waals surface area contributed by atoms with Gasteiger partial charge in [-0.1, -0.05) is 12.1 Å². The Labute approximate surface area is 232 Å². The molecule has 0 radical (unpaired) electrons. The predicted molar refractivity (Wildman–Crippen MR) is 147 cm³/mol. The molecule has 2 aromatic heterocycles. The standard InChI is InChI=1S/C21H15F2N5OS.C7H11NO2/c1-11-26-17-7-14(20-27-18(10-30-20)19(22)23)16(25)6-15(17)21(29)28(11)9-13-4-2-12(8-24)3-5-13;9-7-8-4-2-1-3-6(8)5-10-7/h2-7,10,19H,9,25H2,1H3;6H,1-5H2. The lowest BCUT2D eigenvalue weighted by Gasteiger charge is -2.25. The van der Waals surface area contributed by atoms with Crippen LogP contribution in [-0.4, -0.2) is 44.7 Å². The van der Waals surface area contributed by atoms with Crippen molar-refractivity contribution in [1.82, 2.24) is 19.4 Å². The van der Waals surface area contributed by atoms with Crippen LogP contribution in [-0.2, 0) is 11.3 Å². The number of alkyl halides is 2. The van der Waals surface area contributed by atoms with Gasteiger partial charge in [0.1, 0.15) is 23.1 Å². The maximum Gasteiger partial charge on any atom is 0.410 e. The molecule has 2 fully saturated rings. The summed E-state index contributed by atoms with van der Waals surface area (Å²) in [5.41, 5.74) is 8.10. The lowest BCUT2D eigenvalue weighted by atomic mass is 10.0. The fourth-order valence-electron chi connectivity index (χ4n) is 4.81. The number of cyclic esters (lactones) is 1. The van der Waals surface area contributed by atoms with E-state index in [1.165, 1.54) is 22.4 Å². The first-order chi connectivity index (χ1) is 19.2. The Morgan fingerprint density at radius 3 is 2.65 bits per heavy atom. The van der Waals surface area contributed by atoms with Crippen LogP contribution in [0.15, 0.2) is 46.6 Å². The third-order valence-electron chi connectivity index (χ3n) is 6.98. The second-order valence-electron chi connectivity index (χ2n) is 9.61. The van der Waals surface area contributed by atoms with Gasteiger partial charge < -0.3 is 15.4 Å². The van der Waals surface area contributed by atoms with Crippen molar-refractivity contribution in [3.8, 4) is 16.6 Å². The van der Waals surface area contributed by atoms with Crippen LogP contribution in [0.2, 0.25) is 0 Å². The van der Waals surface area contributed by atoms with E-state index < -0.39 is 6.43 Å². The summed E-state index contributed by atoms with van der Waals surface area (Å²) >= 11 is 1.06. The number of carbonyl (C=O) groups excluding carboxylic acids is 1. The number of ether oxygens (including phenoxy) is 1.